The minimum absolute atomic E-state index is 0.0492. The molecule has 0 saturated carbocycles. The molecule has 3 rings (SSSR count). The highest BCUT2D eigenvalue weighted by molar-refractivity contribution is 5.92. The Kier molecular flexibility index (Phi) is 4.40. The van der Waals surface area contributed by atoms with Crippen LogP contribution in [0.25, 0.3) is 0 Å². The van der Waals surface area contributed by atoms with Crippen molar-refractivity contribution in [3.63, 3.8) is 0 Å². The third-order valence-corrected chi connectivity index (χ3v) is 4.49. The van der Waals surface area contributed by atoms with Gasteiger partial charge in [-0.25, -0.2) is 0 Å². The molecule has 3 heterocycles. The topological polar surface area (TPSA) is 80.3 Å². The highest BCUT2D eigenvalue weighted by atomic mass is 16.5. The number of hydrogen-bond donors (Lipinski definition) is 0. The predicted molar refractivity (Wildman–Crippen MR) is 87.6 cm³/mol. The molecule has 8 heteroatoms. The zero-order valence-corrected chi connectivity index (χ0v) is 14.9. The summed E-state index contributed by atoms with van der Waals surface area (Å²) in [4.78, 5) is 21.1. The van der Waals surface area contributed by atoms with Crippen LogP contribution in [-0.4, -0.2) is 62.3 Å². The van der Waals surface area contributed by atoms with Crippen molar-refractivity contribution in [2.75, 3.05) is 26.7 Å². The molecule has 0 N–H and O–H groups in total. The number of rotatable bonds is 3. The van der Waals surface area contributed by atoms with Gasteiger partial charge in [-0.1, -0.05) is 19.0 Å². The van der Waals surface area contributed by atoms with Crippen LogP contribution in [0.1, 0.15) is 53.7 Å². The number of carbonyl (C=O) groups excluding carboxylic acids is 1. The Labute approximate surface area is 141 Å². The van der Waals surface area contributed by atoms with E-state index in [9.17, 15) is 4.79 Å². The summed E-state index contributed by atoms with van der Waals surface area (Å²) >= 11 is 0. The Balaban J connectivity index is 1.79. The number of amides is 1. The lowest BCUT2D eigenvalue weighted by Crippen LogP contribution is -2.49. The maximum absolute atomic E-state index is 12.8. The molecule has 1 atom stereocenters. The molecule has 1 saturated heterocycles. The smallest absolute Gasteiger partial charge is 0.274 e. The highest BCUT2D eigenvalue weighted by Gasteiger charge is 2.33. The van der Waals surface area contributed by atoms with Crippen LogP contribution in [-0.2, 0) is 7.05 Å². The molecule has 130 valence electrons. The molecule has 0 spiro atoms. The van der Waals surface area contributed by atoms with Gasteiger partial charge in [0.1, 0.15) is 6.04 Å². The van der Waals surface area contributed by atoms with E-state index in [4.69, 9.17) is 4.52 Å². The Morgan fingerprint density at radius 2 is 2.08 bits per heavy atom. The number of likely N-dealkylation sites (N-methyl/N-ethyl adjacent to an activating group) is 1. The van der Waals surface area contributed by atoms with E-state index >= 15 is 0 Å². The van der Waals surface area contributed by atoms with E-state index in [0.717, 1.165) is 12.2 Å². The quantitative estimate of drug-likeness (QED) is 0.844. The van der Waals surface area contributed by atoms with Crippen molar-refractivity contribution in [1.82, 2.24) is 29.7 Å². The van der Waals surface area contributed by atoms with Crippen LogP contribution in [0.5, 0.6) is 0 Å². The van der Waals surface area contributed by atoms with Gasteiger partial charge in [-0.05, 0) is 26.0 Å². The number of piperazine rings is 1. The van der Waals surface area contributed by atoms with E-state index in [-0.39, 0.29) is 11.9 Å². The van der Waals surface area contributed by atoms with E-state index in [1.807, 2.05) is 25.1 Å². The van der Waals surface area contributed by atoms with Gasteiger partial charge in [-0.15, -0.1) is 0 Å². The average Bonchev–Trinajstić information content (AvgIpc) is 3.13. The van der Waals surface area contributed by atoms with Gasteiger partial charge in [-0.2, -0.15) is 10.1 Å². The van der Waals surface area contributed by atoms with Gasteiger partial charge in [0.25, 0.3) is 5.91 Å². The zero-order valence-electron chi connectivity index (χ0n) is 14.9. The molecule has 1 aliphatic rings. The standard InChI is InChI=1S/C16H24N6O2/c1-10(2)13-8-12(18-21(13)5)16(23)22-7-6-20(4)14(9-22)15-17-11(3)19-24-15/h8,10,14H,6-7,9H2,1-5H3/t14-/m0/s1. The van der Waals surface area contributed by atoms with Crippen LogP contribution in [0.3, 0.4) is 0 Å². The third-order valence-electron chi connectivity index (χ3n) is 4.49. The molecular weight excluding hydrogens is 308 g/mol. The van der Waals surface area contributed by atoms with Crippen LogP contribution in [0.15, 0.2) is 10.6 Å². The lowest BCUT2D eigenvalue weighted by molar-refractivity contribution is 0.0483. The number of carbonyl (C=O) groups is 1. The molecule has 0 aromatic carbocycles. The summed E-state index contributed by atoms with van der Waals surface area (Å²) in [6.07, 6.45) is 0. The van der Waals surface area contributed by atoms with Gasteiger partial charge < -0.3 is 9.42 Å². The Morgan fingerprint density at radius 1 is 1.33 bits per heavy atom. The molecule has 1 amide bonds. The maximum Gasteiger partial charge on any atom is 0.274 e. The first-order valence-corrected chi connectivity index (χ1v) is 8.20. The number of hydrogen-bond acceptors (Lipinski definition) is 6. The number of nitrogens with zero attached hydrogens (tertiary/aromatic N) is 6. The molecule has 8 nitrogen and oxygen atoms in total. The van der Waals surface area contributed by atoms with E-state index < -0.39 is 0 Å². The van der Waals surface area contributed by atoms with Crippen molar-refractivity contribution in [2.45, 2.75) is 32.7 Å². The molecule has 1 fully saturated rings. The largest absolute Gasteiger partial charge is 0.338 e. The molecular formula is C16H24N6O2. The fourth-order valence-corrected chi connectivity index (χ4v) is 3.06. The van der Waals surface area contributed by atoms with Gasteiger partial charge in [0, 0.05) is 32.4 Å². The number of aryl methyl sites for hydroxylation is 2. The first kappa shape index (κ1) is 16.6. The van der Waals surface area contributed by atoms with Gasteiger partial charge in [0.15, 0.2) is 11.5 Å². The van der Waals surface area contributed by atoms with E-state index in [1.54, 1.807) is 11.6 Å². The van der Waals surface area contributed by atoms with Crippen molar-refractivity contribution in [1.29, 1.82) is 0 Å². The van der Waals surface area contributed by atoms with Crippen LogP contribution < -0.4 is 0 Å². The lowest BCUT2D eigenvalue weighted by atomic mass is 10.1. The van der Waals surface area contributed by atoms with Crippen molar-refractivity contribution in [3.8, 4) is 0 Å². The Bertz CT molecular complexity index is 735. The van der Waals surface area contributed by atoms with Crippen LogP contribution >= 0.6 is 0 Å². The molecule has 2 aromatic heterocycles. The van der Waals surface area contributed by atoms with Gasteiger partial charge in [0.2, 0.25) is 5.89 Å². The molecule has 0 bridgehead atoms. The van der Waals surface area contributed by atoms with Gasteiger partial charge in [-0.3, -0.25) is 14.4 Å². The minimum atomic E-state index is -0.0859. The molecule has 0 unspecified atom stereocenters. The number of aromatic nitrogens is 4. The minimum Gasteiger partial charge on any atom is -0.338 e. The van der Waals surface area contributed by atoms with Crippen LogP contribution in [0, 0.1) is 6.92 Å². The molecule has 0 radical (unpaired) electrons. The van der Waals surface area contributed by atoms with Crippen molar-refractivity contribution in [2.24, 2.45) is 7.05 Å². The Morgan fingerprint density at radius 3 is 2.67 bits per heavy atom. The van der Waals surface area contributed by atoms with Crippen LogP contribution in [0.4, 0.5) is 0 Å². The molecule has 0 aliphatic carbocycles. The van der Waals surface area contributed by atoms with Gasteiger partial charge >= 0.3 is 0 Å². The highest BCUT2D eigenvalue weighted by Crippen LogP contribution is 2.24. The monoisotopic (exact) mass is 332 g/mol. The first-order valence-electron chi connectivity index (χ1n) is 8.20. The van der Waals surface area contributed by atoms with E-state index in [2.05, 4.69) is 34.0 Å². The second-order valence-electron chi connectivity index (χ2n) is 6.66. The molecule has 24 heavy (non-hydrogen) atoms. The summed E-state index contributed by atoms with van der Waals surface area (Å²) in [6, 6.07) is 1.80. The molecule has 1 aliphatic heterocycles. The normalized spacial score (nSPS) is 19.2. The fourth-order valence-electron chi connectivity index (χ4n) is 3.06. The summed E-state index contributed by atoms with van der Waals surface area (Å²) in [5, 5.41) is 8.25. The predicted octanol–water partition coefficient (Wildman–Crippen LogP) is 1.36. The second-order valence-corrected chi connectivity index (χ2v) is 6.66. The summed E-state index contributed by atoms with van der Waals surface area (Å²) < 4.78 is 7.09. The molecule has 2 aromatic rings. The van der Waals surface area contributed by atoms with Crippen molar-refractivity contribution in [3.05, 3.63) is 29.2 Å². The van der Waals surface area contributed by atoms with Gasteiger partial charge in [0.05, 0.1) is 0 Å². The summed E-state index contributed by atoms with van der Waals surface area (Å²) in [6.45, 7) is 7.91. The SMILES string of the molecule is Cc1noc([C@@H]2CN(C(=O)c3cc(C(C)C)n(C)n3)CCN2C)n1. The summed E-state index contributed by atoms with van der Waals surface area (Å²) in [7, 11) is 3.88. The summed E-state index contributed by atoms with van der Waals surface area (Å²) in [5.41, 5.74) is 1.54. The van der Waals surface area contributed by atoms with Crippen LogP contribution in [0.2, 0.25) is 0 Å². The van der Waals surface area contributed by atoms with Crippen molar-refractivity contribution < 1.29 is 9.32 Å². The Hall–Kier alpha value is -2.22. The van der Waals surface area contributed by atoms with E-state index in [0.29, 0.717) is 36.4 Å². The average molecular weight is 332 g/mol. The second kappa shape index (κ2) is 6.35. The zero-order chi connectivity index (χ0) is 17.4. The fraction of sp³-hybridized carbons (Fsp3) is 0.625. The van der Waals surface area contributed by atoms with E-state index in [1.165, 1.54) is 0 Å². The lowest BCUT2D eigenvalue weighted by Gasteiger charge is -2.37. The first-order chi connectivity index (χ1) is 11.4. The summed E-state index contributed by atoms with van der Waals surface area (Å²) in [5.74, 6) is 1.43. The third kappa shape index (κ3) is 3.06. The maximum atomic E-state index is 12.8. The van der Waals surface area contributed by atoms with Crippen molar-refractivity contribution >= 4 is 5.91 Å².